The molecule has 106 valence electrons. The Labute approximate surface area is 119 Å². The lowest BCUT2D eigenvalue weighted by molar-refractivity contribution is 0.175. The predicted molar refractivity (Wildman–Crippen MR) is 77.1 cm³/mol. The number of nitrogens with one attached hydrogen (secondary N) is 1. The molecule has 0 heterocycles. The smallest absolute Gasteiger partial charge is 0.129 e. The van der Waals surface area contributed by atoms with Crippen LogP contribution in [0.25, 0.3) is 0 Å². The lowest BCUT2D eigenvalue weighted by atomic mass is 9.72. The van der Waals surface area contributed by atoms with E-state index in [0.717, 1.165) is 12.8 Å². The highest BCUT2D eigenvalue weighted by Gasteiger charge is 2.31. The van der Waals surface area contributed by atoms with E-state index >= 15 is 0 Å². The Morgan fingerprint density at radius 2 is 1.89 bits per heavy atom. The normalized spacial score (nSPS) is 29.2. The molecule has 1 aromatic rings. The fourth-order valence-electron chi connectivity index (χ4n) is 3.51. The second kappa shape index (κ2) is 6.21. The molecule has 1 aromatic carbocycles. The Bertz CT molecular complexity index is 428. The molecule has 1 aliphatic carbocycles. The van der Waals surface area contributed by atoms with Gasteiger partial charge in [0.25, 0.3) is 0 Å². The van der Waals surface area contributed by atoms with Crippen LogP contribution in [0.5, 0.6) is 0 Å². The topological polar surface area (TPSA) is 38.0 Å². The number of hydrogen-bond acceptors (Lipinski definition) is 2. The van der Waals surface area contributed by atoms with Crippen molar-refractivity contribution in [3.8, 4) is 0 Å². The Morgan fingerprint density at radius 1 is 1.26 bits per heavy atom. The number of benzene rings is 1. The summed E-state index contributed by atoms with van der Waals surface area (Å²) in [6, 6.07) is 4.69. The van der Waals surface area contributed by atoms with Crippen molar-refractivity contribution < 1.29 is 4.39 Å². The first-order chi connectivity index (χ1) is 9.01. The molecule has 2 nitrogen and oxygen atoms in total. The average Bonchev–Trinajstić information content (AvgIpc) is 2.31. The SMILES string of the molecule is CC1CC(C)CC(C(NN)c2ccc(Cl)cc2F)C1. The fraction of sp³-hybridized carbons (Fsp3) is 0.600. The van der Waals surface area contributed by atoms with Crippen LogP contribution < -0.4 is 11.3 Å². The van der Waals surface area contributed by atoms with E-state index in [-0.39, 0.29) is 11.9 Å². The van der Waals surface area contributed by atoms with E-state index in [1.807, 2.05) is 0 Å². The molecule has 0 saturated heterocycles. The van der Waals surface area contributed by atoms with Gasteiger partial charge in [0.1, 0.15) is 5.82 Å². The molecule has 0 aliphatic heterocycles. The molecule has 1 aliphatic rings. The maximum atomic E-state index is 14.1. The van der Waals surface area contributed by atoms with Crippen molar-refractivity contribution in [1.29, 1.82) is 0 Å². The van der Waals surface area contributed by atoms with Gasteiger partial charge in [0, 0.05) is 10.6 Å². The summed E-state index contributed by atoms with van der Waals surface area (Å²) in [6.45, 7) is 4.52. The van der Waals surface area contributed by atoms with Crippen LogP contribution in [-0.2, 0) is 0 Å². The third-order valence-electron chi connectivity index (χ3n) is 4.16. The standard InChI is InChI=1S/C15H22ClFN2/c1-9-5-10(2)7-11(6-9)15(19-18)13-4-3-12(16)8-14(13)17/h3-4,8-11,15,19H,5-7,18H2,1-2H3. The second-order valence-corrected chi connectivity index (χ2v) is 6.42. The summed E-state index contributed by atoms with van der Waals surface area (Å²) in [5, 5.41) is 0.419. The highest BCUT2D eigenvalue weighted by molar-refractivity contribution is 6.30. The number of nitrogens with two attached hydrogens (primary N) is 1. The molecule has 3 N–H and O–H groups in total. The molecule has 0 amide bonds. The fourth-order valence-corrected chi connectivity index (χ4v) is 3.67. The van der Waals surface area contributed by atoms with Gasteiger partial charge in [-0.3, -0.25) is 11.3 Å². The van der Waals surface area contributed by atoms with Crippen molar-refractivity contribution in [1.82, 2.24) is 5.43 Å². The highest BCUT2D eigenvalue weighted by Crippen LogP contribution is 2.40. The van der Waals surface area contributed by atoms with Gasteiger partial charge < -0.3 is 0 Å². The van der Waals surface area contributed by atoms with E-state index < -0.39 is 0 Å². The molecule has 4 heteroatoms. The van der Waals surface area contributed by atoms with Gasteiger partial charge in [0.05, 0.1) is 6.04 Å². The van der Waals surface area contributed by atoms with Crippen LogP contribution in [-0.4, -0.2) is 0 Å². The summed E-state index contributed by atoms with van der Waals surface area (Å²) in [5.74, 6) is 7.11. The third-order valence-corrected chi connectivity index (χ3v) is 4.40. The van der Waals surface area contributed by atoms with Crippen LogP contribution in [0.15, 0.2) is 18.2 Å². The molecule has 0 aromatic heterocycles. The predicted octanol–water partition coefficient (Wildman–Crippen LogP) is 4.06. The molecule has 1 saturated carbocycles. The van der Waals surface area contributed by atoms with Crippen molar-refractivity contribution in [2.75, 3.05) is 0 Å². The van der Waals surface area contributed by atoms with E-state index in [2.05, 4.69) is 19.3 Å². The quantitative estimate of drug-likeness (QED) is 0.649. The molecule has 19 heavy (non-hydrogen) atoms. The first kappa shape index (κ1) is 14.8. The lowest BCUT2D eigenvalue weighted by Gasteiger charge is -2.36. The zero-order chi connectivity index (χ0) is 14.0. The Morgan fingerprint density at radius 3 is 2.42 bits per heavy atom. The summed E-state index contributed by atoms with van der Waals surface area (Å²) in [4.78, 5) is 0. The highest BCUT2D eigenvalue weighted by atomic mass is 35.5. The Kier molecular flexibility index (Phi) is 4.82. The summed E-state index contributed by atoms with van der Waals surface area (Å²) in [5.41, 5.74) is 3.43. The monoisotopic (exact) mass is 284 g/mol. The zero-order valence-corrected chi connectivity index (χ0v) is 12.3. The Hall–Kier alpha value is -0.640. The minimum atomic E-state index is -0.277. The van der Waals surface area contributed by atoms with Crippen LogP contribution in [0.1, 0.15) is 44.7 Å². The molecule has 3 atom stereocenters. The summed E-state index contributed by atoms with van der Waals surface area (Å²) in [6.07, 6.45) is 3.42. The van der Waals surface area contributed by atoms with Crippen LogP contribution in [0.2, 0.25) is 5.02 Å². The van der Waals surface area contributed by atoms with Gasteiger partial charge >= 0.3 is 0 Å². The molecule has 0 radical (unpaired) electrons. The van der Waals surface area contributed by atoms with Crippen molar-refractivity contribution in [2.24, 2.45) is 23.6 Å². The minimum absolute atomic E-state index is 0.137. The van der Waals surface area contributed by atoms with E-state index in [9.17, 15) is 4.39 Å². The molecule has 0 spiro atoms. The van der Waals surface area contributed by atoms with Crippen LogP contribution in [0.4, 0.5) is 4.39 Å². The van der Waals surface area contributed by atoms with E-state index in [0.29, 0.717) is 28.3 Å². The van der Waals surface area contributed by atoms with Crippen LogP contribution in [0.3, 0.4) is 0 Å². The maximum Gasteiger partial charge on any atom is 0.129 e. The summed E-state index contributed by atoms with van der Waals surface area (Å²) >= 11 is 5.81. The largest absolute Gasteiger partial charge is 0.271 e. The van der Waals surface area contributed by atoms with Crippen molar-refractivity contribution in [2.45, 2.75) is 39.2 Å². The summed E-state index contributed by atoms with van der Waals surface area (Å²) < 4.78 is 14.1. The molecule has 2 rings (SSSR count). The average molecular weight is 285 g/mol. The maximum absolute atomic E-state index is 14.1. The van der Waals surface area contributed by atoms with Gasteiger partial charge in [-0.15, -0.1) is 0 Å². The molecule has 1 fully saturated rings. The van der Waals surface area contributed by atoms with Crippen molar-refractivity contribution in [3.05, 3.63) is 34.6 Å². The van der Waals surface area contributed by atoms with Gasteiger partial charge in [0.15, 0.2) is 0 Å². The summed E-state index contributed by atoms with van der Waals surface area (Å²) in [7, 11) is 0. The van der Waals surface area contributed by atoms with E-state index in [4.69, 9.17) is 17.4 Å². The van der Waals surface area contributed by atoms with Gasteiger partial charge in [-0.05, 0) is 49.1 Å². The molecule has 0 bridgehead atoms. The number of rotatable bonds is 3. The van der Waals surface area contributed by atoms with Crippen LogP contribution in [0, 0.1) is 23.6 Å². The number of halogens is 2. The molecular formula is C15H22ClFN2. The van der Waals surface area contributed by atoms with Gasteiger partial charge in [-0.1, -0.05) is 31.5 Å². The number of hydrogen-bond donors (Lipinski definition) is 2. The molecule has 3 unspecified atom stereocenters. The number of hydrazine groups is 1. The minimum Gasteiger partial charge on any atom is -0.271 e. The first-order valence-corrected chi connectivity index (χ1v) is 7.30. The van der Waals surface area contributed by atoms with Crippen molar-refractivity contribution >= 4 is 11.6 Å². The lowest BCUT2D eigenvalue weighted by Crippen LogP contribution is -2.37. The van der Waals surface area contributed by atoms with E-state index in [1.54, 1.807) is 12.1 Å². The van der Waals surface area contributed by atoms with Gasteiger partial charge in [0.2, 0.25) is 0 Å². The molecular weight excluding hydrogens is 263 g/mol. The van der Waals surface area contributed by atoms with Gasteiger partial charge in [-0.25, -0.2) is 4.39 Å². The van der Waals surface area contributed by atoms with Crippen molar-refractivity contribution in [3.63, 3.8) is 0 Å². The van der Waals surface area contributed by atoms with Gasteiger partial charge in [-0.2, -0.15) is 0 Å². The van der Waals surface area contributed by atoms with E-state index in [1.165, 1.54) is 12.5 Å². The van der Waals surface area contributed by atoms with Crippen LogP contribution >= 0.6 is 11.6 Å². The zero-order valence-electron chi connectivity index (χ0n) is 11.5. The third kappa shape index (κ3) is 3.47. The first-order valence-electron chi connectivity index (χ1n) is 6.92. The second-order valence-electron chi connectivity index (χ2n) is 5.99. The Balaban J connectivity index is 2.23.